The van der Waals surface area contributed by atoms with Gasteiger partial charge in [0.15, 0.2) is 0 Å². The lowest BCUT2D eigenvalue weighted by molar-refractivity contribution is 1.07. The molecule has 0 saturated carbocycles. The first-order valence-corrected chi connectivity index (χ1v) is 6.71. The topological polar surface area (TPSA) is 26.0 Å². The van der Waals surface area contributed by atoms with Gasteiger partial charge in [-0.2, -0.15) is 9.93 Å². The standard InChI is InChI=1S/C9H15NS2/c1-2-12(11)9-5-3-8(7-10)4-6-9/h3-6,11-12H,2,7,10H2,1H3. The number of thiol groups is 2. The summed E-state index contributed by atoms with van der Waals surface area (Å²) in [5, 5.41) is 0. The molecule has 1 nitrogen and oxygen atoms in total. The molecule has 0 aliphatic carbocycles. The Kier molecular flexibility index (Phi) is 3.98. The summed E-state index contributed by atoms with van der Waals surface area (Å²) in [5.74, 6) is 1.13. The Hall–Kier alpha value is -0.120. The molecule has 0 aromatic heterocycles. The largest absolute Gasteiger partial charge is 0.326 e. The Morgan fingerprint density at radius 1 is 1.33 bits per heavy atom. The van der Waals surface area contributed by atoms with Crippen molar-refractivity contribution in [1.29, 1.82) is 0 Å². The maximum absolute atomic E-state index is 5.49. The normalized spacial score (nSPS) is 14.4. The van der Waals surface area contributed by atoms with Crippen LogP contribution < -0.4 is 5.73 Å². The Morgan fingerprint density at radius 3 is 2.33 bits per heavy atom. The average Bonchev–Trinajstić information content (AvgIpc) is 2.17. The van der Waals surface area contributed by atoms with Crippen molar-refractivity contribution in [2.75, 3.05) is 5.75 Å². The quantitative estimate of drug-likeness (QED) is 0.508. The third-order valence-electron chi connectivity index (χ3n) is 1.77. The zero-order valence-electron chi connectivity index (χ0n) is 7.20. The van der Waals surface area contributed by atoms with E-state index in [2.05, 4.69) is 42.9 Å². The minimum absolute atomic E-state index is 0.237. The van der Waals surface area contributed by atoms with Gasteiger partial charge in [-0.05, 0) is 28.3 Å². The summed E-state index contributed by atoms with van der Waals surface area (Å²) in [4.78, 5) is 1.34. The maximum atomic E-state index is 5.49. The Balaban J connectivity index is 2.77. The van der Waals surface area contributed by atoms with Gasteiger partial charge < -0.3 is 5.73 Å². The minimum Gasteiger partial charge on any atom is -0.326 e. The van der Waals surface area contributed by atoms with Crippen LogP contribution in [0.5, 0.6) is 0 Å². The summed E-state index contributed by atoms with van der Waals surface area (Å²) >= 11 is 4.52. The molecule has 0 saturated heterocycles. The summed E-state index contributed by atoms with van der Waals surface area (Å²) in [6, 6.07) is 8.42. The Morgan fingerprint density at radius 2 is 1.92 bits per heavy atom. The molecule has 0 heterocycles. The van der Waals surface area contributed by atoms with Gasteiger partial charge >= 0.3 is 0 Å². The summed E-state index contributed by atoms with van der Waals surface area (Å²) in [5.41, 5.74) is 6.68. The summed E-state index contributed by atoms with van der Waals surface area (Å²) in [6.07, 6.45) is 0. The highest BCUT2D eigenvalue weighted by Gasteiger charge is 1.97. The first-order chi connectivity index (χ1) is 5.77. The first-order valence-electron chi connectivity index (χ1n) is 4.03. The van der Waals surface area contributed by atoms with Crippen LogP contribution in [-0.2, 0) is 6.54 Å². The van der Waals surface area contributed by atoms with Crippen LogP contribution in [-0.4, -0.2) is 5.75 Å². The number of hydrogen-bond donors (Lipinski definition) is 3. The highest BCUT2D eigenvalue weighted by molar-refractivity contribution is 8.78. The molecule has 0 radical (unpaired) electrons. The van der Waals surface area contributed by atoms with Gasteiger partial charge in [-0.25, -0.2) is 0 Å². The van der Waals surface area contributed by atoms with Crippen molar-refractivity contribution in [1.82, 2.24) is 0 Å². The van der Waals surface area contributed by atoms with Crippen molar-refractivity contribution in [3.8, 4) is 0 Å². The molecule has 68 valence electrons. The van der Waals surface area contributed by atoms with Crippen LogP contribution in [0.2, 0.25) is 0 Å². The van der Waals surface area contributed by atoms with Crippen LogP contribution in [0, 0.1) is 0 Å². The molecule has 0 amide bonds. The number of benzene rings is 1. The van der Waals surface area contributed by atoms with Gasteiger partial charge in [0.1, 0.15) is 0 Å². The highest BCUT2D eigenvalue weighted by Crippen LogP contribution is 2.39. The van der Waals surface area contributed by atoms with E-state index < -0.39 is 0 Å². The fraction of sp³-hybridized carbons (Fsp3) is 0.333. The summed E-state index contributed by atoms with van der Waals surface area (Å²) < 4.78 is 0. The monoisotopic (exact) mass is 201 g/mol. The third-order valence-corrected chi connectivity index (χ3v) is 4.80. The third kappa shape index (κ3) is 2.44. The van der Waals surface area contributed by atoms with E-state index in [0.29, 0.717) is 6.54 Å². The molecule has 3 heteroatoms. The molecule has 1 aromatic rings. The van der Waals surface area contributed by atoms with Crippen LogP contribution in [0.15, 0.2) is 29.2 Å². The van der Waals surface area contributed by atoms with Crippen molar-refractivity contribution in [3.63, 3.8) is 0 Å². The lowest BCUT2D eigenvalue weighted by Gasteiger charge is -2.12. The van der Waals surface area contributed by atoms with E-state index in [0.717, 1.165) is 5.75 Å². The van der Waals surface area contributed by atoms with Gasteiger partial charge in [0.2, 0.25) is 0 Å². The molecule has 1 atom stereocenters. The average molecular weight is 201 g/mol. The Labute approximate surface area is 81.5 Å². The van der Waals surface area contributed by atoms with E-state index in [9.17, 15) is 0 Å². The van der Waals surface area contributed by atoms with E-state index in [4.69, 9.17) is 5.73 Å². The SMILES string of the molecule is CC[SH](S)c1ccc(CN)cc1. The van der Waals surface area contributed by atoms with Crippen LogP contribution in [0.1, 0.15) is 12.5 Å². The molecule has 1 rings (SSSR count). The zero-order valence-corrected chi connectivity index (χ0v) is 8.98. The number of nitrogens with two attached hydrogens (primary N) is 1. The smallest absolute Gasteiger partial charge is 0.0178 e. The second-order valence-electron chi connectivity index (χ2n) is 2.59. The van der Waals surface area contributed by atoms with E-state index in [-0.39, 0.29) is 9.93 Å². The minimum atomic E-state index is -0.237. The van der Waals surface area contributed by atoms with Crippen molar-refractivity contribution in [2.24, 2.45) is 5.73 Å². The Bertz CT molecular complexity index is 233. The molecule has 12 heavy (non-hydrogen) atoms. The van der Waals surface area contributed by atoms with Crippen LogP contribution in [0.25, 0.3) is 0 Å². The lowest BCUT2D eigenvalue weighted by atomic mass is 10.2. The molecule has 0 spiro atoms. The highest BCUT2D eigenvalue weighted by atomic mass is 33.1. The van der Waals surface area contributed by atoms with Crippen molar-refractivity contribution in [3.05, 3.63) is 29.8 Å². The van der Waals surface area contributed by atoms with Crippen LogP contribution >= 0.6 is 21.6 Å². The van der Waals surface area contributed by atoms with Crippen molar-refractivity contribution in [2.45, 2.75) is 18.4 Å². The summed E-state index contributed by atoms with van der Waals surface area (Å²) in [7, 11) is -0.237. The number of hydrogen-bond acceptors (Lipinski definition) is 2. The molecule has 0 fully saturated rings. The second-order valence-corrected chi connectivity index (χ2v) is 5.98. The van der Waals surface area contributed by atoms with Gasteiger partial charge in [0, 0.05) is 6.54 Å². The lowest BCUT2D eigenvalue weighted by Crippen LogP contribution is -1.95. The van der Waals surface area contributed by atoms with E-state index >= 15 is 0 Å². The molecule has 0 bridgehead atoms. The van der Waals surface area contributed by atoms with E-state index in [1.165, 1.54) is 10.5 Å². The van der Waals surface area contributed by atoms with Crippen molar-refractivity contribution < 1.29 is 0 Å². The predicted molar refractivity (Wildman–Crippen MR) is 61.1 cm³/mol. The van der Waals surface area contributed by atoms with Crippen LogP contribution in [0.3, 0.4) is 0 Å². The fourth-order valence-electron chi connectivity index (χ4n) is 0.987. The molecule has 0 aliphatic heterocycles. The van der Waals surface area contributed by atoms with E-state index in [1.54, 1.807) is 0 Å². The molecule has 2 N–H and O–H groups in total. The van der Waals surface area contributed by atoms with Gasteiger partial charge in [0.25, 0.3) is 0 Å². The molecule has 1 aromatic carbocycles. The molecule has 1 unspecified atom stereocenters. The van der Waals surface area contributed by atoms with Gasteiger partial charge in [-0.15, -0.1) is 11.7 Å². The molecular weight excluding hydrogens is 186 g/mol. The summed E-state index contributed by atoms with van der Waals surface area (Å²) in [6.45, 7) is 2.78. The van der Waals surface area contributed by atoms with Gasteiger partial charge in [0.05, 0.1) is 0 Å². The first kappa shape index (κ1) is 9.96. The van der Waals surface area contributed by atoms with E-state index in [1.807, 2.05) is 0 Å². The molecule has 0 aliphatic rings. The van der Waals surface area contributed by atoms with Crippen molar-refractivity contribution >= 4 is 21.6 Å². The molecular formula is C9H15NS2. The maximum Gasteiger partial charge on any atom is 0.0178 e. The second kappa shape index (κ2) is 4.80. The number of rotatable bonds is 3. The zero-order chi connectivity index (χ0) is 8.97. The van der Waals surface area contributed by atoms with Gasteiger partial charge in [-0.3, -0.25) is 0 Å². The fourth-order valence-corrected chi connectivity index (χ4v) is 2.25. The predicted octanol–water partition coefficient (Wildman–Crippen LogP) is 2.37. The van der Waals surface area contributed by atoms with Crippen LogP contribution in [0.4, 0.5) is 0 Å². The van der Waals surface area contributed by atoms with Gasteiger partial charge in [-0.1, -0.05) is 19.1 Å².